The lowest BCUT2D eigenvalue weighted by Gasteiger charge is -2.27. The molecule has 1 aliphatic rings. The van der Waals surface area contributed by atoms with Crippen molar-refractivity contribution in [1.29, 1.82) is 0 Å². The number of nitrogen functional groups attached to an aromatic ring is 1. The highest BCUT2D eigenvalue weighted by Crippen LogP contribution is 2.36. The van der Waals surface area contributed by atoms with Gasteiger partial charge >= 0.3 is 0 Å². The first-order valence-corrected chi connectivity index (χ1v) is 6.54. The van der Waals surface area contributed by atoms with Crippen molar-refractivity contribution in [2.24, 2.45) is 5.92 Å². The SMILES string of the molecule is CCCN(CC1CC1)c1ccc(N)cc1C(F)F. The van der Waals surface area contributed by atoms with E-state index in [2.05, 4.69) is 11.8 Å². The molecule has 4 heteroatoms. The van der Waals surface area contributed by atoms with Gasteiger partial charge in [0.05, 0.1) is 0 Å². The molecule has 0 atom stereocenters. The van der Waals surface area contributed by atoms with Crippen LogP contribution in [0.3, 0.4) is 0 Å². The Morgan fingerprint density at radius 3 is 2.67 bits per heavy atom. The van der Waals surface area contributed by atoms with Crippen molar-refractivity contribution in [3.8, 4) is 0 Å². The van der Waals surface area contributed by atoms with E-state index in [-0.39, 0.29) is 5.56 Å². The monoisotopic (exact) mass is 254 g/mol. The Hall–Kier alpha value is -1.32. The van der Waals surface area contributed by atoms with E-state index in [0.717, 1.165) is 19.5 Å². The largest absolute Gasteiger partial charge is 0.399 e. The van der Waals surface area contributed by atoms with Crippen LogP contribution in [0.25, 0.3) is 0 Å². The molecular weight excluding hydrogens is 234 g/mol. The molecule has 0 radical (unpaired) electrons. The number of rotatable bonds is 6. The maximum absolute atomic E-state index is 13.1. The van der Waals surface area contributed by atoms with Gasteiger partial charge in [-0.05, 0) is 43.4 Å². The van der Waals surface area contributed by atoms with E-state index in [1.165, 1.54) is 18.9 Å². The summed E-state index contributed by atoms with van der Waals surface area (Å²) in [6.07, 6.45) is 0.931. The van der Waals surface area contributed by atoms with Gasteiger partial charge < -0.3 is 10.6 Å². The molecular formula is C14H20F2N2. The van der Waals surface area contributed by atoms with Crippen LogP contribution in [-0.2, 0) is 0 Å². The molecule has 2 rings (SSSR count). The third-order valence-electron chi connectivity index (χ3n) is 3.30. The van der Waals surface area contributed by atoms with Crippen LogP contribution >= 0.6 is 0 Å². The minimum atomic E-state index is -2.47. The van der Waals surface area contributed by atoms with E-state index < -0.39 is 6.43 Å². The van der Waals surface area contributed by atoms with Gasteiger partial charge in [0.2, 0.25) is 0 Å². The predicted octanol–water partition coefficient (Wildman–Crippen LogP) is 3.83. The molecule has 2 N–H and O–H groups in total. The summed E-state index contributed by atoms with van der Waals surface area (Å²) >= 11 is 0. The summed E-state index contributed by atoms with van der Waals surface area (Å²) in [5.41, 5.74) is 6.71. The third-order valence-corrected chi connectivity index (χ3v) is 3.30. The first-order chi connectivity index (χ1) is 8.61. The normalized spacial score (nSPS) is 15.1. The second-order valence-electron chi connectivity index (χ2n) is 5.01. The van der Waals surface area contributed by atoms with Crippen LogP contribution in [0.1, 0.15) is 38.2 Å². The molecule has 1 aliphatic carbocycles. The number of halogens is 2. The molecule has 0 heterocycles. The van der Waals surface area contributed by atoms with Gasteiger partial charge in [-0.1, -0.05) is 6.92 Å². The number of alkyl halides is 2. The number of benzene rings is 1. The highest BCUT2D eigenvalue weighted by molar-refractivity contribution is 5.60. The highest BCUT2D eigenvalue weighted by atomic mass is 19.3. The van der Waals surface area contributed by atoms with Crippen molar-refractivity contribution in [2.75, 3.05) is 23.7 Å². The third kappa shape index (κ3) is 3.12. The molecule has 0 bridgehead atoms. The number of hydrogen-bond acceptors (Lipinski definition) is 2. The molecule has 2 nitrogen and oxygen atoms in total. The second-order valence-corrected chi connectivity index (χ2v) is 5.01. The second kappa shape index (κ2) is 5.55. The lowest BCUT2D eigenvalue weighted by molar-refractivity contribution is 0.152. The zero-order valence-electron chi connectivity index (χ0n) is 10.7. The topological polar surface area (TPSA) is 29.3 Å². The van der Waals surface area contributed by atoms with E-state index in [0.29, 0.717) is 17.3 Å². The average molecular weight is 254 g/mol. The molecule has 0 spiro atoms. The fraction of sp³-hybridized carbons (Fsp3) is 0.571. The van der Waals surface area contributed by atoms with Gasteiger partial charge in [-0.15, -0.1) is 0 Å². The molecule has 1 aromatic rings. The first-order valence-electron chi connectivity index (χ1n) is 6.54. The lowest BCUT2D eigenvalue weighted by atomic mass is 10.1. The van der Waals surface area contributed by atoms with Crippen LogP contribution in [-0.4, -0.2) is 13.1 Å². The molecule has 1 aromatic carbocycles. The zero-order valence-corrected chi connectivity index (χ0v) is 10.7. The summed E-state index contributed by atoms with van der Waals surface area (Å²) in [5, 5.41) is 0. The van der Waals surface area contributed by atoms with Crippen LogP contribution in [0.4, 0.5) is 20.2 Å². The van der Waals surface area contributed by atoms with Gasteiger partial charge in [0.15, 0.2) is 0 Å². The summed E-state index contributed by atoms with van der Waals surface area (Å²) in [7, 11) is 0. The molecule has 0 unspecified atom stereocenters. The zero-order chi connectivity index (χ0) is 13.1. The van der Waals surface area contributed by atoms with Crippen molar-refractivity contribution in [3.63, 3.8) is 0 Å². The van der Waals surface area contributed by atoms with Crippen molar-refractivity contribution in [1.82, 2.24) is 0 Å². The minimum Gasteiger partial charge on any atom is -0.399 e. The Balaban J connectivity index is 2.26. The molecule has 0 aliphatic heterocycles. The van der Waals surface area contributed by atoms with Gasteiger partial charge in [0.25, 0.3) is 6.43 Å². The average Bonchev–Trinajstić information content (AvgIpc) is 3.12. The van der Waals surface area contributed by atoms with Gasteiger partial charge in [-0.3, -0.25) is 0 Å². The Morgan fingerprint density at radius 1 is 1.39 bits per heavy atom. The summed E-state index contributed by atoms with van der Waals surface area (Å²) < 4.78 is 26.2. The molecule has 0 aromatic heterocycles. The quantitative estimate of drug-likeness (QED) is 0.782. The van der Waals surface area contributed by atoms with Crippen LogP contribution in [0.15, 0.2) is 18.2 Å². The van der Waals surface area contributed by atoms with Crippen LogP contribution in [0, 0.1) is 5.92 Å². The van der Waals surface area contributed by atoms with Crippen molar-refractivity contribution >= 4 is 11.4 Å². The highest BCUT2D eigenvalue weighted by Gasteiger charge is 2.26. The van der Waals surface area contributed by atoms with Crippen molar-refractivity contribution in [3.05, 3.63) is 23.8 Å². The first kappa shape index (κ1) is 13.1. The van der Waals surface area contributed by atoms with Crippen LogP contribution < -0.4 is 10.6 Å². The Labute approximate surface area is 107 Å². The predicted molar refractivity (Wildman–Crippen MR) is 71.0 cm³/mol. The number of anilines is 2. The standard InChI is InChI=1S/C14H20F2N2/c1-2-7-18(9-10-3-4-10)13-6-5-11(17)8-12(13)14(15)16/h5-6,8,10,14H,2-4,7,9,17H2,1H3. The van der Waals surface area contributed by atoms with Crippen LogP contribution in [0.2, 0.25) is 0 Å². The van der Waals surface area contributed by atoms with E-state index in [1.807, 2.05) is 0 Å². The van der Waals surface area contributed by atoms with E-state index in [4.69, 9.17) is 5.73 Å². The summed E-state index contributed by atoms with van der Waals surface area (Å²) in [6, 6.07) is 4.83. The fourth-order valence-corrected chi connectivity index (χ4v) is 2.23. The van der Waals surface area contributed by atoms with Crippen molar-refractivity contribution < 1.29 is 8.78 Å². The van der Waals surface area contributed by atoms with E-state index in [1.54, 1.807) is 12.1 Å². The van der Waals surface area contributed by atoms with E-state index >= 15 is 0 Å². The number of nitrogens with two attached hydrogens (primary N) is 1. The summed E-state index contributed by atoms with van der Waals surface area (Å²) in [4.78, 5) is 2.08. The lowest BCUT2D eigenvalue weighted by Crippen LogP contribution is -2.27. The minimum absolute atomic E-state index is 0.0594. The number of hydrogen-bond donors (Lipinski definition) is 1. The molecule has 1 fully saturated rings. The molecule has 18 heavy (non-hydrogen) atoms. The Morgan fingerprint density at radius 2 is 2.11 bits per heavy atom. The maximum atomic E-state index is 13.1. The van der Waals surface area contributed by atoms with Gasteiger partial charge in [-0.2, -0.15) is 0 Å². The van der Waals surface area contributed by atoms with Gasteiger partial charge in [-0.25, -0.2) is 8.78 Å². The number of nitrogens with zero attached hydrogens (tertiary/aromatic N) is 1. The molecule has 0 saturated heterocycles. The van der Waals surface area contributed by atoms with Gasteiger partial charge in [0.1, 0.15) is 0 Å². The smallest absolute Gasteiger partial charge is 0.265 e. The molecule has 1 saturated carbocycles. The van der Waals surface area contributed by atoms with Crippen LogP contribution in [0.5, 0.6) is 0 Å². The Kier molecular flexibility index (Phi) is 4.04. The summed E-state index contributed by atoms with van der Waals surface area (Å²) in [5.74, 6) is 0.680. The molecule has 0 amide bonds. The van der Waals surface area contributed by atoms with Crippen molar-refractivity contribution in [2.45, 2.75) is 32.6 Å². The summed E-state index contributed by atoms with van der Waals surface area (Å²) in [6.45, 7) is 3.77. The molecule has 100 valence electrons. The fourth-order valence-electron chi connectivity index (χ4n) is 2.23. The van der Waals surface area contributed by atoms with Gasteiger partial charge in [0, 0.05) is 30.0 Å². The Bertz CT molecular complexity index is 403. The maximum Gasteiger partial charge on any atom is 0.265 e. The van der Waals surface area contributed by atoms with E-state index in [9.17, 15) is 8.78 Å².